The summed E-state index contributed by atoms with van der Waals surface area (Å²) >= 11 is 0. The van der Waals surface area contributed by atoms with E-state index in [2.05, 4.69) is 34.3 Å². The Labute approximate surface area is 129 Å². The highest BCUT2D eigenvalue weighted by Gasteiger charge is 2.37. The van der Waals surface area contributed by atoms with Gasteiger partial charge in [0.25, 0.3) is 0 Å². The number of nitrogens with zero attached hydrogens (tertiary/aromatic N) is 2. The molecule has 2 fully saturated rings. The second-order valence-corrected chi connectivity index (χ2v) is 6.70. The van der Waals surface area contributed by atoms with Crippen LogP contribution >= 0.6 is 0 Å². The van der Waals surface area contributed by atoms with Crippen LogP contribution in [0.3, 0.4) is 0 Å². The van der Waals surface area contributed by atoms with Gasteiger partial charge in [-0.15, -0.1) is 0 Å². The maximum Gasteiger partial charge on any atom is 0.0270 e. The highest BCUT2D eigenvalue weighted by Crippen LogP contribution is 2.34. The molecule has 0 aliphatic carbocycles. The summed E-state index contributed by atoms with van der Waals surface area (Å²) in [5.41, 5.74) is 1.43. The summed E-state index contributed by atoms with van der Waals surface area (Å²) in [7, 11) is 0. The fourth-order valence-corrected chi connectivity index (χ4v) is 4.17. The maximum absolute atomic E-state index is 4.11. The van der Waals surface area contributed by atoms with Crippen molar-refractivity contribution >= 4 is 0 Å². The van der Waals surface area contributed by atoms with Crippen molar-refractivity contribution in [3.8, 4) is 0 Å². The number of aromatic nitrogens is 1. The van der Waals surface area contributed by atoms with Crippen molar-refractivity contribution in [2.45, 2.75) is 70.0 Å². The third-order valence-corrected chi connectivity index (χ3v) is 5.22. The minimum atomic E-state index is 0.762. The molecule has 0 spiro atoms. The van der Waals surface area contributed by atoms with Crippen LogP contribution in [0.1, 0.15) is 51.0 Å². The van der Waals surface area contributed by atoms with E-state index in [1.807, 2.05) is 12.4 Å². The maximum atomic E-state index is 4.11. The van der Waals surface area contributed by atoms with Crippen LogP contribution in [0.5, 0.6) is 0 Å². The molecule has 3 heteroatoms. The highest BCUT2D eigenvalue weighted by molar-refractivity contribution is 5.10. The predicted molar refractivity (Wildman–Crippen MR) is 87.4 cm³/mol. The molecule has 3 nitrogen and oxygen atoms in total. The zero-order chi connectivity index (χ0) is 14.5. The first kappa shape index (κ1) is 15.0. The molecule has 0 radical (unpaired) electrons. The predicted octanol–water partition coefficient (Wildman–Crippen LogP) is 3.01. The second kappa shape index (κ2) is 7.37. The van der Waals surface area contributed by atoms with E-state index in [9.17, 15) is 0 Å². The minimum Gasteiger partial charge on any atom is -0.314 e. The lowest BCUT2D eigenvalue weighted by molar-refractivity contribution is 0.0257. The third-order valence-electron chi connectivity index (χ3n) is 5.22. The fraction of sp³-hybridized carbons (Fsp3) is 0.722. The Morgan fingerprint density at radius 3 is 2.57 bits per heavy atom. The molecule has 0 amide bonds. The first-order chi connectivity index (χ1) is 10.4. The van der Waals surface area contributed by atoms with E-state index < -0.39 is 0 Å². The van der Waals surface area contributed by atoms with Crippen LogP contribution in [0, 0.1) is 0 Å². The Morgan fingerprint density at radius 2 is 1.90 bits per heavy atom. The SMILES string of the molecule is CCCNC1CC2CCCC(C1)N2CCc1ccncc1. The van der Waals surface area contributed by atoms with Crippen molar-refractivity contribution in [1.82, 2.24) is 15.2 Å². The summed E-state index contributed by atoms with van der Waals surface area (Å²) in [6.45, 7) is 4.67. The third kappa shape index (κ3) is 3.83. The van der Waals surface area contributed by atoms with Gasteiger partial charge in [-0.3, -0.25) is 9.88 Å². The number of rotatable bonds is 6. The van der Waals surface area contributed by atoms with Gasteiger partial charge >= 0.3 is 0 Å². The molecule has 2 saturated heterocycles. The smallest absolute Gasteiger partial charge is 0.0270 e. The molecule has 2 atom stereocenters. The van der Waals surface area contributed by atoms with Crippen molar-refractivity contribution in [2.24, 2.45) is 0 Å². The fourth-order valence-electron chi connectivity index (χ4n) is 4.17. The van der Waals surface area contributed by atoms with Crippen molar-refractivity contribution in [1.29, 1.82) is 0 Å². The van der Waals surface area contributed by atoms with E-state index >= 15 is 0 Å². The molecule has 2 bridgehead atoms. The Hall–Kier alpha value is -0.930. The molecular formula is C18H29N3. The van der Waals surface area contributed by atoms with Gasteiger partial charge in [0.05, 0.1) is 0 Å². The quantitative estimate of drug-likeness (QED) is 0.872. The van der Waals surface area contributed by atoms with Crippen LogP contribution in [0.15, 0.2) is 24.5 Å². The summed E-state index contributed by atoms with van der Waals surface area (Å²) < 4.78 is 0. The van der Waals surface area contributed by atoms with Crippen LogP contribution in [-0.2, 0) is 6.42 Å². The summed E-state index contributed by atoms with van der Waals surface area (Å²) in [5, 5.41) is 3.76. The number of pyridine rings is 1. The van der Waals surface area contributed by atoms with Gasteiger partial charge in [-0.1, -0.05) is 13.3 Å². The Kier molecular flexibility index (Phi) is 5.26. The van der Waals surface area contributed by atoms with Crippen molar-refractivity contribution in [3.63, 3.8) is 0 Å². The van der Waals surface area contributed by atoms with E-state index in [1.54, 1.807) is 0 Å². The molecule has 2 aliphatic rings. The molecule has 2 aliphatic heterocycles. The molecule has 116 valence electrons. The van der Waals surface area contributed by atoms with Crippen molar-refractivity contribution in [3.05, 3.63) is 30.1 Å². The zero-order valence-electron chi connectivity index (χ0n) is 13.3. The lowest BCUT2D eigenvalue weighted by Crippen LogP contribution is -2.56. The molecule has 3 heterocycles. The van der Waals surface area contributed by atoms with Gasteiger partial charge in [-0.25, -0.2) is 0 Å². The summed E-state index contributed by atoms with van der Waals surface area (Å²) in [6, 6.07) is 6.70. The monoisotopic (exact) mass is 287 g/mol. The van der Waals surface area contributed by atoms with Gasteiger partial charge in [0.1, 0.15) is 0 Å². The summed E-state index contributed by atoms with van der Waals surface area (Å²) in [6.07, 6.45) is 13.2. The Bertz CT molecular complexity index is 406. The molecule has 1 aromatic heterocycles. The molecule has 2 unspecified atom stereocenters. The summed E-state index contributed by atoms with van der Waals surface area (Å²) in [4.78, 5) is 6.93. The molecule has 0 aromatic carbocycles. The number of nitrogens with one attached hydrogen (secondary N) is 1. The van der Waals surface area contributed by atoms with Crippen LogP contribution in [0.25, 0.3) is 0 Å². The number of piperidine rings is 2. The lowest BCUT2D eigenvalue weighted by atomic mass is 9.81. The lowest BCUT2D eigenvalue weighted by Gasteiger charge is -2.49. The van der Waals surface area contributed by atoms with Crippen LogP contribution in [-0.4, -0.2) is 41.1 Å². The van der Waals surface area contributed by atoms with Crippen molar-refractivity contribution < 1.29 is 0 Å². The standard InChI is InChI=1S/C18H29N3/c1-2-9-20-16-13-17-4-3-5-18(14-16)21(17)12-8-15-6-10-19-11-7-15/h6-7,10-11,16-18,20H,2-5,8-9,12-14H2,1H3. The zero-order valence-corrected chi connectivity index (χ0v) is 13.3. The van der Waals surface area contributed by atoms with E-state index in [1.165, 1.54) is 63.6 Å². The van der Waals surface area contributed by atoms with E-state index in [-0.39, 0.29) is 0 Å². The first-order valence-electron chi connectivity index (χ1n) is 8.75. The van der Waals surface area contributed by atoms with Gasteiger partial charge < -0.3 is 5.32 Å². The number of fused-ring (bicyclic) bond motifs is 2. The van der Waals surface area contributed by atoms with Gasteiger partial charge in [0.15, 0.2) is 0 Å². The molecule has 21 heavy (non-hydrogen) atoms. The average molecular weight is 287 g/mol. The van der Waals surface area contributed by atoms with Crippen molar-refractivity contribution in [2.75, 3.05) is 13.1 Å². The minimum absolute atomic E-state index is 0.762. The average Bonchev–Trinajstić information content (AvgIpc) is 2.51. The highest BCUT2D eigenvalue weighted by atomic mass is 15.2. The van der Waals surface area contributed by atoms with Crippen LogP contribution < -0.4 is 5.32 Å². The normalized spacial score (nSPS) is 29.5. The Balaban J connectivity index is 1.56. The molecular weight excluding hydrogens is 258 g/mol. The Morgan fingerprint density at radius 1 is 1.19 bits per heavy atom. The summed E-state index contributed by atoms with van der Waals surface area (Å²) in [5.74, 6) is 0. The van der Waals surface area contributed by atoms with E-state index in [4.69, 9.17) is 0 Å². The van der Waals surface area contributed by atoms with Gasteiger partial charge in [0.2, 0.25) is 0 Å². The molecule has 1 N–H and O–H groups in total. The molecule has 3 rings (SSSR count). The molecule has 1 aromatic rings. The van der Waals surface area contributed by atoms with Gasteiger partial charge in [-0.2, -0.15) is 0 Å². The van der Waals surface area contributed by atoms with Crippen LogP contribution in [0.2, 0.25) is 0 Å². The topological polar surface area (TPSA) is 28.2 Å². The largest absolute Gasteiger partial charge is 0.314 e. The first-order valence-corrected chi connectivity index (χ1v) is 8.75. The van der Waals surface area contributed by atoms with Gasteiger partial charge in [0, 0.05) is 37.1 Å². The van der Waals surface area contributed by atoms with E-state index in [0.717, 1.165) is 18.1 Å². The van der Waals surface area contributed by atoms with E-state index in [0.29, 0.717) is 0 Å². The van der Waals surface area contributed by atoms with Gasteiger partial charge in [-0.05, 0) is 62.8 Å². The molecule has 0 saturated carbocycles. The van der Waals surface area contributed by atoms with Crippen LogP contribution in [0.4, 0.5) is 0 Å². The number of hydrogen-bond donors (Lipinski definition) is 1. The second-order valence-electron chi connectivity index (χ2n) is 6.70. The number of hydrogen-bond acceptors (Lipinski definition) is 3.